The molecule has 0 aromatic heterocycles. The smallest absolute Gasteiger partial charge is 0.231 e. The Kier molecular flexibility index (Phi) is 5.60. The lowest BCUT2D eigenvalue weighted by molar-refractivity contribution is -0.117. The standard InChI is InChI=1S/C16H17ClN2O2/c17-15-7-2-1-5-13(15)11-21-14-6-3-4-12(8-14)9-19-10-16(18)20/h1-8,19H,9-11H2,(H2,18,20). The third-order valence-corrected chi connectivity index (χ3v) is 3.25. The fourth-order valence-corrected chi connectivity index (χ4v) is 2.04. The van der Waals surface area contributed by atoms with Crippen molar-refractivity contribution in [2.24, 2.45) is 5.73 Å². The Morgan fingerprint density at radius 1 is 1.19 bits per heavy atom. The van der Waals surface area contributed by atoms with E-state index >= 15 is 0 Å². The molecule has 0 unspecified atom stereocenters. The first-order valence-corrected chi connectivity index (χ1v) is 6.97. The van der Waals surface area contributed by atoms with Crippen molar-refractivity contribution in [1.29, 1.82) is 0 Å². The molecule has 0 aliphatic rings. The Morgan fingerprint density at radius 2 is 2.00 bits per heavy atom. The van der Waals surface area contributed by atoms with Crippen molar-refractivity contribution in [2.45, 2.75) is 13.2 Å². The van der Waals surface area contributed by atoms with Gasteiger partial charge in [0.2, 0.25) is 5.91 Å². The summed E-state index contributed by atoms with van der Waals surface area (Å²) in [6.07, 6.45) is 0. The quantitative estimate of drug-likeness (QED) is 0.826. The summed E-state index contributed by atoms with van der Waals surface area (Å²) >= 11 is 6.09. The first kappa shape index (κ1) is 15.4. The summed E-state index contributed by atoms with van der Waals surface area (Å²) in [5, 5.41) is 3.65. The number of rotatable bonds is 7. The number of amides is 1. The maximum Gasteiger partial charge on any atom is 0.231 e. The molecule has 0 saturated heterocycles. The molecule has 2 aromatic carbocycles. The fourth-order valence-electron chi connectivity index (χ4n) is 1.85. The normalized spacial score (nSPS) is 10.3. The van der Waals surface area contributed by atoms with E-state index in [1.165, 1.54) is 0 Å². The van der Waals surface area contributed by atoms with Crippen molar-refractivity contribution in [3.05, 3.63) is 64.7 Å². The monoisotopic (exact) mass is 304 g/mol. The third kappa shape index (κ3) is 5.10. The topological polar surface area (TPSA) is 64.4 Å². The van der Waals surface area contributed by atoms with Gasteiger partial charge in [-0.05, 0) is 23.8 Å². The van der Waals surface area contributed by atoms with Gasteiger partial charge in [0.25, 0.3) is 0 Å². The molecule has 2 rings (SSSR count). The van der Waals surface area contributed by atoms with Crippen LogP contribution in [-0.2, 0) is 17.9 Å². The van der Waals surface area contributed by atoms with Crippen molar-refractivity contribution in [3.8, 4) is 5.75 Å². The van der Waals surface area contributed by atoms with E-state index in [1.54, 1.807) is 0 Å². The number of nitrogens with two attached hydrogens (primary N) is 1. The second-order valence-electron chi connectivity index (χ2n) is 4.60. The average molecular weight is 305 g/mol. The Labute approximate surface area is 128 Å². The molecule has 21 heavy (non-hydrogen) atoms. The summed E-state index contributed by atoms with van der Waals surface area (Å²) in [7, 11) is 0. The predicted molar refractivity (Wildman–Crippen MR) is 83.1 cm³/mol. The number of primary amides is 1. The van der Waals surface area contributed by atoms with Gasteiger partial charge < -0.3 is 15.8 Å². The van der Waals surface area contributed by atoms with E-state index in [0.29, 0.717) is 18.2 Å². The molecule has 4 nitrogen and oxygen atoms in total. The molecular weight excluding hydrogens is 288 g/mol. The van der Waals surface area contributed by atoms with Crippen LogP contribution in [0.5, 0.6) is 5.75 Å². The Hall–Kier alpha value is -2.04. The van der Waals surface area contributed by atoms with Crippen LogP contribution in [0.1, 0.15) is 11.1 Å². The number of benzene rings is 2. The largest absolute Gasteiger partial charge is 0.489 e. The van der Waals surface area contributed by atoms with Crippen molar-refractivity contribution in [1.82, 2.24) is 5.32 Å². The molecule has 0 bridgehead atoms. The number of halogens is 1. The molecule has 0 fully saturated rings. The summed E-state index contributed by atoms with van der Waals surface area (Å²) in [4.78, 5) is 10.7. The summed E-state index contributed by atoms with van der Waals surface area (Å²) in [5.74, 6) is 0.384. The molecule has 2 aromatic rings. The van der Waals surface area contributed by atoms with E-state index < -0.39 is 0 Å². The van der Waals surface area contributed by atoms with E-state index in [2.05, 4.69) is 5.32 Å². The third-order valence-electron chi connectivity index (χ3n) is 2.88. The Morgan fingerprint density at radius 3 is 2.76 bits per heavy atom. The van der Waals surface area contributed by atoms with Crippen LogP contribution in [0.2, 0.25) is 5.02 Å². The highest BCUT2D eigenvalue weighted by molar-refractivity contribution is 6.31. The lowest BCUT2D eigenvalue weighted by atomic mass is 10.2. The van der Waals surface area contributed by atoms with Crippen molar-refractivity contribution < 1.29 is 9.53 Å². The van der Waals surface area contributed by atoms with Gasteiger partial charge in [-0.15, -0.1) is 0 Å². The molecule has 5 heteroatoms. The second-order valence-corrected chi connectivity index (χ2v) is 5.00. The molecule has 0 aliphatic carbocycles. The molecule has 3 N–H and O–H groups in total. The predicted octanol–water partition coefficient (Wildman–Crippen LogP) is 2.49. The summed E-state index contributed by atoms with van der Waals surface area (Å²) in [6.45, 7) is 1.13. The lowest BCUT2D eigenvalue weighted by Crippen LogP contribution is -2.28. The van der Waals surface area contributed by atoms with Crippen LogP contribution in [-0.4, -0.2) is 12.5 Å². The van der Waals surface area contributed by atoms with Crippen LogP contribution in [0.3, 0.4) is 0 Å². The van der Waals surface area contributed by atoms with Gasteiger partial charge in [-0.1, -0.05) is 41.9 Å². The van der Waals surface area contributed by atoms with Gasteiger partial charge in [0.1, 0.15) is 12.4 Å². The highest BCUT2D eigenvalue weighted by Gasteiger charge is 2.02. The van der Waals surface area contributed by atoms with Crippen LogP contribution < -0.4 is 15.8 Å². The van der Waals surface area contributed by atoms with Crippen LogP contribution in [0.25, 0.3) is 0 Å². The highest BCUT2D eigenvalue weighted by Crippen LogP contribution is 2.19. The van der Waals surface area contributed by atoms with E-state index in [0.717, 1.165) is 16.9 Å². The minimum absolute atomic E-state index is 0.157. The molecule has 110 valence electrons. The number of carbonyl (C=O) groups excluding carboxylic acids is 1. The van der Waals surface area contributed by atoms with E-state index in [1.807, 2.05) is 48.5 Å². The van der Waals surface area contributed by atoms with Gasteiger partial charge in [0, 0.05) is 17.1 Å². The number of nitrogens with one attached hydrogen (secondary N) is 1. The maximum atomic E-state index is 10.7. The fraction of sp³-hybridized carbons (Fsp3) is 0.188. The highest BCUT2D eigenvalue weighted by atomic mass is 35.5. The molecule has 0 saturated carbocycles. The molecule has 0 spiro atoms. The van der Waals surface area contributed by atoms with Crippen molar-refractivity contribution in [3.63, 3.8) is 0 Å². The zero-order chi connectivity index (χ0) is 15.1. The number of carbonyl (C=O) groups is 1. The number of hydrogen-bond donors (Lipinski definition) is 2. The molecule has 0 heterocycles. The van der Waals surface area contributed by atoms with E-state index in [-0.39, 0.29) is 12.5 Å². The summed E-state index contributed by atoms with van der Waals surface area (Å²) < 4.78 is 5.74. The maximum absolute atomic E-state index is 10.7. The molecule has 0 aliphatic heterocycles. The second kappa shape index (κ2) is 7.67. The van der Waals surface area contributed by atoms with Crippen molar-refractivity contribution >= 4 is 17.5 Å². The van der Waals surface area contributed by atoms with Gasteiger partial charge in [0.15, 0.2) is 0 Å². The Balaban J connectivity index is 1.92. The minimum atomic E-state index is -0.374. The molecule has 0 atom stereocenters. The zero-order valence-corrected chi connectivity index (χ0v) is 12.3. The molecule has 0 radical (unpaired) electrons. The van der Waals surface area contributed by atoms with Crippen LogP contribution in [0.4, 0.5) is 0 Å². The van der Waals surface area contributed by atoms with Gasteiger partial charge >= 0.3 is 0 Å². The number of hydrogen-bond acceptors (Lipinski definition) is 3. The lowest BCUT2D eigenvalue weighted by Gasteiger charge is -2.09. The first-order valence-electron chi connectivity index (χ1n) is 6.59. The van der Waals surface area contributed by atoms with Gasteiger partial charge in [-0.25, -0.2) is 0 Å². The summed E-state index contributed by atoms with van der Waals surface area (Å²) in [5.41, 5.74) is 7.04. The van der Waals surface area contributed by atoms with Crippen LogP contribution in [0, 0.1) is 0 Å². The SMILES string of the molecule is NC(=O)CNCc1cccc(OCc2ccccc2Cl)c1. The van der Waals surface area contributed by atoms with Gasteiger partial charge in [-0.3, -0.25) is 4.79 Å². The zero-order valence-electron chi connectivity index (χ0n) is 11.5. The minimum Gasteiger partial charge on any atom is -0.489 e. The Bertz CT molecular complexity index is 617. The van der Waals surface area contributed by atoms with Gasteiger partial charge in [-0.2, -0.15) is 0 Å². The molecular formula is C16H17ClN2O2. The van der Waals surface area contributed by atoms with Crippen LogP contribution >= 0.6 is 11.6 Å². The molecule has 1 amide bonds. The van der Waals surface area contributed by atoms with Crippen molar-refractivity contribution in [2.75, 3.05) is 6.54 Å². The number of ether oxygens (including phenoxy) is 1. The average Bonchev–Trinajstić information content (AvgIpc) is 2.46. The van der Waals surface area contributed by atoms with Gasteiger partial charge in [0.05, 0.1) is 6.54 Å². The van der Waals surface area contributed by atoms with Crippen LogP contribution in [0.15, 0.2) is 48.5 Å². The van der Waals surface area contributed by atoms with E-state index in [4.69, 9.17) is 22.1 Å². The summed E-state index contributed by atoms with van der Waals surface area (Å²) in [6, 6.07) is 15.2. The van der Waals surface area contributed by atoms with E-state index in [9.17, 15) is 4.79 Å². The first-order chi connectivity index (χ1) is 10.1.